The van der Waals surface area contributed by atoms with Gasteiger partial charge in [0.15, 0.2) is 5.58 Å². The van der Waals surface area contributed by atoms with Gasteiger partial charge in [-0.2, -0.15) is 13.2 Å². The highest BCUT2D eigenvalue weighted by molar-refractivity contribution is 5.81. The molecular weight excluding hydrogens is 499 g/mol. The number of esters is 1. The molecule has 0 saturated carbocycles. The van der Waals surface area contributed by atoms with Crippen molar-refractivity contribution in [1.29, 1.82) is 0 Å². The molecule has 0 aliphatic rings. The Labute approximate surface area is 220 Å². The second-order valence-electron chi connectivity index (χ2n) is 9.38. The Balaban J connectivity index is 1.41. The van der Waals surface area contributed by atoms with Gasteiger partial charge in [0.25, 0.3) is 0 Å². The molecule has 0 radical (unpaired) electrons. The maximum atomic E-state index is 12.8. The average molecular weight is 534 g/mol. The predicted molar refractivity (Wildman–Crippen MR) is 139 cm³/mol. The summed E-state index contributed by atoms with van der Waals surface area (Å²) in [4.78, 5) is 28.2. The number of ether oxygens (including phenoxy) is 2. The normalized spacial score (nSPS) is 12.4. The van der Waals surface area contributed by atoms with E-state index in [0.29, 0.717) is 30.0 Å². The first-order valence-corrected chi connectivity index (χ1v) is 13.1. The molecule has 0 saturated heterocycles. The lowest BCUT2D eigenvalue weighted by Crippen LogP contribution is -2.14. The Hall–Kier alpha value is -3.36. The number of hydrogen-bond acceptors (Lipinski definition) is 6. The Morgan fingerprint density at radius 1 is 0.974 bits per heavy atom. The van der Waals surface area contributed by atoms with Gasteiger partial charge >= 0.3 is 17.8 Å². The number of alkyl halides is 3. The van der Waals surface area contributed by atoms with Crippen molar-refractivity contribution in [2.75, 3.05) is 13.2 Å². The molecule has 2 aromatic heterocycles. The Kier molecular flexibility index (Phi) is 10.7. The third kappa shape index (κ3) is 8.60. The first-order valence-electron chi connectivity index (χ1n) is 13.1. The Morgan fingerprint density at radius 2 is 1.61 bits per heavy atom. The summed E-state index contributed by atoms with van der Waals surface area (Å²) in [7, 11) is 0. The van der Waals surface area contributed by atoms with Crippen molar-refractivity contribution in [3.63, 3.8) is 0 Å². The number of unbranched alkanes of at least 4 members (excludes halogenated alkanes) is 6. The Morgan fingerprint density at radius 3 is 2.24 bits per heavy atom. The number of benzene rings is 1. The number of pyridine rings is 1. The van der Waals surface area contributed by atoms with Gasteiger partial charge in [0.05, 0.1) is 36.5 Å². The third-order valence-electron chi connectivity index (χ3n) is 6.42. The van der Waals surface area contributed by atoms with Crippen molar-refractivity contribution in [2.45, 2.75) is 71.4 Å². The van der Waals surface area contributed by atoms with E-state index in [4.69, 9.17) is 13.9 Å². The van der Waals surface area contributed by atoms with Gasteiger partial charge in [-0.15, -0.1) is 0 Å². The number of carbonyl (C=O) groups is 1. The van der Waals surface area contributed by atoms with Gasteiger partial charge in [0.1, 0.15) is 0 Å². The fourth-order valence-corrected chi connectivity index (χ4v) is 3.87. The molecule has 206 valence electrons. The molecule has 2 heterocycles. The van der Waals surface area contributed by atoms with Crippen molar-refractivity contribution >= 4 is 16.9 Å². The van der Waals surface area contributed by atoms with E-state index in [0.717, 1.165) is 63.5 Å². The molecule has 3 aromatic rings. The van der Waals surface area contributed by atoms with Gasteiger partial charge in [-0.1, -0.05) is 58.1 Å². The standard InChI is InChI=1S/C29H34F3NO5/c1-3-20(2)27(34)37-16-10-8-6-4-5-7-9-15-36-26-18-22-17-24(28(35)38-25(22)19-33-26)21-11-13-23(14-12-21)29(30,31)32/h11-14,17-20H,3-10,15-16H2,1-2H3. The van der Waals surface area contributed by atoms with Gasteiger partial charge in [-0.25, -0.2) is 9.78 Å². The number of hydrogen-bond donors (Lipinski definition) is 0. The van der Waals surface area contributed by atoms with Gasteiger partial charge in [-0.05, 0) is 43.0 Å². The van der Waals surface area contributed by atoms with E-state index in [1.807, 2.05) is 13.8 Å². The smallest absolute Gasteiger partial charge is 0.416 e. The monoisotopic (exact) mass is 533 g/mol. The molecule has 0 fully saturated rings. The number of nitrogens with zero attached hydrogens (tertiary/aromatic N) is 1. The van der Waals surface area contributed by atoms with Gasteiger partial charge in [-0.3, -0.25) is 4.79 Å². The van der Waals surface area contributed by atoms with Crippen LogP contribution in [0.15, 0.2) is 51.8 Å². The summed E-state index contributed by atoms with van der Waals surface area (Å²) in [6, 6.07) is 7.60. The summed E-state index contributed by atoms with van der Waals surface area (Å²) < 4.78 is 54.8. The van der Waals surface area contributed by atoms with Crippen LogP contribution in [-0.2, 0) is 15.7 Å². The first kappa shape index (κ1) is 29.2. The molecule has 1 atom stereocenters. The van der Waals surface area contributed by atoms with Crippen LogP contribution in [0.25, 0.3) is 22.1 Å². The Bertz CT molecular complexity index is 1240. The van der Waals surface area contributed by atoms with Crippen LogP contribution < -0.4 is 10.4 Å². The van der Waals surface area contributed by atoms with Crippen LogP contribution in [0.1, 0.15) is 70.8 Å². The second-order valence-corrected chi connectivity index (χ2v) is 9.38. The lowest BCUT2D eigenvalue weighted by Gasteiger charge is -2.09. The molecule has 3 rings (SSSR count). The lowest BCUT2D eigenvalue weighted by molar-refractivity contribution is -0.148. The zero-order valence-corrected chi connectivity index (χ0v) is 21.8. The average Bonchev–Trinajstić information content (AvgIpc) is 2.90. The minimum Gasteiger partial charge on any atom is -0.478 e. The molecule has 38 heavy (non-hydrogen) atoms. The number of carbonyl (C=O) groups excluding carboxylic acids is 1. The minimum atomic E-state index is -4.45. The highest BCUT2D eigenvalue weighted by Gasteiger charge is 2.30. The van der Waals surface area contributed by atoms with Crippen LogP contribution in [0.4, 0.5) is 13.2 Å². The van der Waals surface area contributed by atoms with Crippen LogP contribution in [0.5, 0.6) is 5.88 Å². The fraction of sp³-hybridized carbons (Fsp3) is 0.483. The van der Waals surface area contributed by atoms with Gasteiger partial charge in [0.2, 0.25) is 5.88 Å². The third-order valence-corrected chi connectivity index (χ3v) is 6.42. The molecule has 1 unspecified atom stereocenters. The van der Waals surface area contributed by atoms with E-state index < -0.39 is 17.4 Å². The molecule has 0 bridgehead atoms. The molecule has 0 aliphatic carbocycles. The van der Waals surface area contributed by atoms with Crippen molar-refractivity contribution < 1.29 is 31.9 Å². The maximum absolute atomic E-state index is 12.8. The summed E-state index contributed by atoms with van der Waals surface area (Å²) in [5, 5.41) is 0.569. The number of rotatable bonds is 14. The van der Waals surface area contributed by atoms with E-state index in [2.05, 4.69) is 4.98 Å². The van der Waals surface area contributed by atoms with E-state index in [1.165, 1.54) is 18.3 Å². The molecule has 0 N–H and O–H groups in total. The summed E-state index contributed by atoms with van der Waals surface area (Å²) >= 11 is 0. The highest BCUT2D eigenvalue weighted by atomic mass is 19.4. The summed E-state index contributed by atoms with van der Waals surface area (Å²) in [5.74, 6) is 0.238. The molecule has 1 aromatic carbocycles. The van der Waals surface area contributed by atoms with Crippen LogP contribution in [0.3, 0.4) is 0 Å². The van der Waals surface area contributed by atoms with E-state index in [9.17, 15) is 22.8 Å². The van der Waals surface area contributed by atoms with Crippen LogP contribution >= 0.6 is 0 Å². The molecule has 6 nitrogen and oxygen atoms in total. The molecular formula is C29H34F3NO5. The topological polar surface area (TPSA) is 78.6 Å². The van der Waals surface area contributed by atoms with Gasteiger partial charge < -0.3 is 13.9 Å². The van der Waals surface area contributed by atoms with Crippen molar-refractivity contribution in [2.24, 2.45) is 5.92 Å². The van der Waals surface area contributed by atoms with Crippen molar-refractivity contribution in [1.82, 2.24) is 4.98 Å². The quantitative estimate of drug-likeness (QED) is 0.157. The largest absolute Gasteiger partial charge is 0.478 e. The predicted octanol–water partition coefficient (Wildman–Crippen LogP) is 7.57. The molecule has 0 amide bonds. The van der Waals surface area contributed by atoms with Crippen LogP contribution in [-0.4, -0.2) is 24.2 Å². The van der Waals surface area contributed by atoms with E-state index in [-0.39, 0.29) is 23.0 Å². The summed E-state index contributed by atoms with van der Waals surface area (Å²) in [6.45, 7) is 4.84. The highest BCUT2D eigenvalue weighted by Crippen LogP contribution is 2.31. The SMILES string of the molecule is CCC(C)C(=O)OCCCCCCCCCOc1cc2cc(-c3ccc(C(F)(F)F)cc3)c(=O)oc2cn1. The van der Waals surface area contributed by atoms with Gasteiger partial charge in [0, 0.05) is 11.5 Å². The summed E-state index contributed by atoms with van der Waals surface area (Å²) in [5.41, 5.74) is -0.671. The van der Waals surface area contributed by atoms with Crippen molar-refractivity contribution in [3.8, 4) is 17.0 Å². The number of fused-ring (bicyclic) bond motifs is 1. The summed E-state index contributed by atoms with van der Waals surface area (Å²) in [6.07, 6.45) is 4.86. The molecule has 9 heteroatoms. The van der Waals surface area contributed by atoms with Crippen LogP contribution in [0, 0.1) is 5.92 Å². The first-order chi connectivity index (χ1) is 18.2. The zero-order chi connectivity index (χ0) is 27.5. The molecule has 0 spiro atoms. The van der Waals surface area contributed by atoms with Crippen LogP contribution in [0.2, 0.25) is 0 Å². The van der Waals surface area contributed by atoms with E-state index >= 15 is 0 Å². The van der Waals surface area contributed by atoms with E-state index in [1.54, 1.807) is 12.1 Å². The minimum absolute atomic E-state index is 0.0344. The molecule has 0 aliphatic heterocycles. The second kappa shape index (κ2) is 14.0. The maximum Gasteiger partial charge on any atom is 0.416 e. The van der Waals surface area contributed by atoms with Crippen molar-refractivity contribution in [3.05, 3.63) is 58.6 Å². The number of halogens is 3. The lowest BCUT2D eigenvalue weighted by atomic mass is 10.0. The number of aromatic nitrogens is 1. The zero-order valence-electron chi connectivity index (χ0n) is 21.8. The fourth-order valence-electron chi connectivity index (χ4n) is 3.87.